The molecule has 0 fully saturated rings. The molecule has 0 aliphatic rings. The minimum absolute atomic E-state index is 0.131. The maximum absolute atomic E-state index is 11.7. The van der Waals surface area contributed by atoms with Gasteiger partial charge in [0.2, 0.25) is 11.8 Å². The highest BCUT2D eigenvalue weighted by atomic mass is 16.2. The third kappa shape index (κ3) is 6.33. The zero-order valence-corrected chi connectivity index (χ0v) is 12.1. The van der Waals surface area contributed by atoms with Gasteiger partial charge in [0, 0.05) is 18.7 Å². The Morgan fingerprint density at radius 3 is 2.45 bits per heavy atom. The fourth-order valence-corrected chi connectivity index (χ4v) is 1.79. The molecule has 2 amide bonds. The number of carbonyl (C=O) groups is 2. The van der Waals surface area contributed by atoms with Gasteiger partial charge in [0.1, 0.15) is 0 Å². The van der Waals surface area contributed by atoms with Crippen LogP contribution < -0.4 is 16.4 Å². The first-order valence-electron chi connectivity index (χ1n) is 6.87. The van der Waals surface area contributed by atoms with E-state index in [-0.39, 0.29) is 18.2 Å². The molecule has 110 valence electrons. The van der Waals surface area contributed by atoms with E-state index in [1.807, 2.05) is 44.2 Å². The quantitative estimate of drug-likeness (QED) is 0.706. The summed E-state index contributed by atoms with van der Waals surface area (Å²) in [6.07, 6.45) is 0.872. The van der Waals surface area contributed by atoms with Crippen LogP contribution in [0.15, 0.2) is 30.3 Å². The predicted octanol–water partition coefficient (Wildman–Crippen LogP) is 1.50. The number of hydrogen-bond acceptors (Lipinski definition) is 3. The van der Waals surface area contributed by atoms with Gasteiger partial charge in [0.25, 0.3) is 0 Å². The largest absolute Gasteiger partial charge is 0.354 e. The molecule has 0 saturated heterocycles. The first kappa shape index (κ1) is 16.2. The van der Waals surface area contributed by atoms with E-state index in [0.717, 1.165) is 5.69 Å². The first-order chi connectivity index (χ1) is 9.49. The number of nitrogens with two attached hydrogens (primary N) is 1. The molecule has 0 aliphatic carbocycles. The summed E-state index contributed by atoms with van der Waals surface area (Å²) in [6.45, 7) is 4.32. The number of rotatable bonds is 7. The Balaban J connectivity index is 2.23. The van der Waals surface area contributed by atoms with Gasteiger partial charge in [-0.15, -0.1) is 0 Å². The van der Waals surface area contributed by atoms with Crippen LogP contribution >= 0.6 is 0 Å². The monoisotopic (exact) mass is 277 g/mol. The molecule has 0 heterocycles. The molecule has 0 aliphatic heterocycles. The number of amides is 2. The zero-order chi connectivity index (χ0) is 15.0. The molecule has 5 heteroatoms. The Kier molecular flexibility index (Phi) is 6.73. The van der Waals surface area contributed by atoms with Gasteiger partial charge in [-0.05, 0) is 24.5 Å². The van der Waals surface area contributed by atoms with Crippen LogP contribution in [-0.4, -0.2) is 24.4 Å². The summed E-state index contributed by atoms with van der Waals surface area (Å²) in [5, 5.41) is 5.44. The van der Waals surface area contributed by atoms with Crippen molar-refractivity contribution in [2.45, 2.75) is 32.7 Å². The fourth-order valence-electron chi connectivity index (χ4n) is 1.79. The van der Waals surface area contributed by atoms with E-state index in [1.165, 1.54) is 0 Å². The molecule has 4 N–H and O–H groups in total. The summed E-state index contributed by atoms with van der Waals surface area (Å²) < 4.78 is 0. The Bertz CT molecular complexity index is 432. The van der Waals surface area contributed by atoms with Crippen LogP contribution in [0.25, 0.3) is 0 Å². The number of para-hydroxylation sites is 1. The molecule has 1 atom stereocenters. The van der Waals surface area contributed by atoms with E-state index in [2.05, 4.69) is 10.6 Å². The lowest BCUT2D eigenvalue weighted by Crippen LogP contribution is -2.42. The van der Waals surface area contributed by atoms with Gasteiger partial charge in [0.05, 0.1) is 6.04 Å². The Morgan fingerprint density at radius 1 is 1.20 bits per heavy atom. The molecule has 5 nitrogen and oxygen atoms in total. The predicted molar refractivity (Wildman–Crippen MR) is 80.1 cm³/mol. The zero-order valence-electron chi connectivity index (χ0n) is 12.1. The van der Waals surface area contributed by atoms with Crippen molar-refractivity contribution in [2.24, 2.45) is 11.7 Å². The topological polar surface area (TPSA) is 84.2 Å². The average Bonchev–Trinajstić information content (AvgIpc) is 2.38. The van der Waals surface area contributed by atoms with Crippen LogP contribution in [-0.2, 0) is 9.59 Å². The van der Waals surface area contributed by atoms with Crippen LogP contribution in [0.5, 0.6) is 0 Å². The summed E-state index contributed by atoms with van der Waals surface area (Å²) in [5.74, 6) is 0.0391. The molecule has 0 aromatic heterocycles. The molecular formula is C15H23N3O2. The van der Waals surface area contributed by atoms with E-state index < -0.39 is 6.04 Å². The minimum Gasteiger partial charge on any atom is -0.354 e. The average molecular weight is 277 g/mol. The normalized spacial score (nSPS) is 12.0. The summed E-state index contributed by atoms with van der Waals surface area (Å²) >= 11 is 0. The standard InChI is InChI=1S/C15H23N3O2/c1-11(2)10-13(16)15(20)17-9-8-14(19)18-12-6-4-3-5-7-12/h3-7,11,13H,8-10,16H2,1-2H3,(H,17,20)(H,18,19)/t13-/m0/s1. The number of hydrogen-bond donors (Lipinski definition) is 3. The van der Waals surface area contributed by atoms with Crippen molar-refractivity contribution >= 4 is 17.5 Å². The van der Waals surface area contributed by atoms with Gasteiger partial charge in [-0.25, -0.2) is 0 Å². The summed E-state index contributed by atoms with van der Waals surface area (Å²) in [5.41, 5.74) is 6.50. The molecule has 0 radical (unpaired) electrons. The van der Waals surface area contributed by atoms with Gasteiger partial charge in [-0.1, -0.05) is 32.0 Å². The van der Waals surface area contributed by atoms with E-state index >= 15 is 0 Å². The van der Waals surface area contributed by atoms with Crippen molar-refractivity contribution in [1.29, 1.82) is 0 Å². The van der Waals surface area contributed by atoms with Gasteiger partial charge < -0.3 is 16.4 Å². The first-order valence-corrected chi connectivity index (χ1v) is 6.87. The van der Waals surface area contributed by atoms with E-state index in [0.29, 0.717) is 18.9 Å². The molecule has 1 aromatic carbocycles. The highest BCUT2D eigenvalue weighted by Crippen LogP contribution is 2.05. The van der Waals surface area contributed by atoms with Crippen LogP contribution in [0.2, 0.25) is 0 Å². The molecular weight excluding hydrogens is 254 g/mol. The SMILES string of the molecule is CC(C)C[C@H](N)C(=O)NCCC(=O)Nc1ccccc1. The molecule has 0 bridgehead atoms. The van der Waals surface area contributed by atoms with E-state index in [1.54, 1.807) is 0 Å². The highest BCUT2D eigenvalue weighted by Gasteiger charge is 2.14. The second kappa shape index (κ2) is 8.32. The van der Waals surface area contributed by atoms with Crippen molar-refractivity contribution in [3.05, 3.63) is 30.3 Å². The second-order valence-corrected chi connectivity index (χ2v) is 5.19. The Labute approximate surface area is 119 Å². The second-order valence-electron chi connectivity index (χ2n) is 5.19. The number of nitrogens with one attached hydrogen (secondary N) is 2. The van der Waals surface area contributed by atoms with Gasteiger partial charge in [-0.2, -0.15) is 0 Å². The minimum atomic E-state index is -0.507. The molecule has 0 spiro atoms. The van der Waals surface area contributed by atoms with Crippen LogP contribution in [0, 0.1) is 5.92 Å². The molecule has 20 heavy (non-hydrogen) atoms. The number of anilines is 1. The Hall–Kier alpha value is -1.88. The third-order valence-corrected chi connectivity index (χ3v) is 2.77. The smallest absolute Gasteiger partial charge is 0.236 e. The van der Waals surface area contributed by atoms with Gasteiger partial charge in [0.15, 0.2) is 0 Å². The maximum atomic E-state index is 11.7. The van der Waals surface area contributed by atoms with Crippen molar-refractivity contribution in [2.75, 3.05) is 11.9 Å². The van der Waals surface area contributed by atoms with Crippen molar-refractivity contribution < 1.29 is 9.59 Å². The van der Waals surface area contributed by atoms with Crippen molar-refractivity contribution in [3.8, 4) is 0 Å². The fraction of sp³-hybridized carbons (Fsp3) is 0.467. The van der Waals surface area contributed by atoms with Crippen LogP contribution in [0.4, 0.5) is 5.69 Å². The molecule has 0 unspecified atom stereocenters. The van der Waals surface area contributed by atoms with Crippen molar-refractivity contribution in [3.63, 3.8) is 0 Å². The summed E-state index contributed by atoms with van der Waals surface area (Å²) in [6, 6.07) is 8.70. The lowest BCUT2D eigenvalue weighted by molar-refractivity contribution is -0.122. The number of carbonyl (C=O) groups excluding carboxylic acids is 2. The van der Waals surface area contributed by atoms with Crippen LogP contribution in [0.3, 0.4) is 0 Å². The number of benzene rings is 1. The summed E-state index contributed by atoms with van der Waals surface area (Å²) in [7, 11) is 0. The Morgan fingerprint density at radius 2 is 1.85 bits per heavy atom. The lowest BCUT2D eigenvalue weighted by Gasteiger charge is -2.14. The van der Waals surface area contributed by atoms with Crippen molar-refractivity contribution in [1.82, 2.24) is 5.32 Å². The third-order valence-electron chi connectivity index (χ3n) is 2.77. The van der Waals surface area contributed by atoms with E-state index in [4.69, 9.17) is 5.73 Å². The van der Waals surface area contributed by atoms with E-state index in [9.17, 15) is 9.59 Å². The van der Waals surface area contributed by atoms with Gasteiger partial charge >= 0.3 is 0 Å². The van der Waals surface area contributed by atoms with Gasteiger partial charge in [-0.3, -0.25) is 9.59 Å². The molecule has 1 aromatic rings. The molecule has 1 rings (SSSR count). The maximum Gasteiger partial charge on any atom is 0.236 e. The van der Waals surface area contributed by atoms with Crippen LogP contribution in [0.1, 0.15) is 26.7 Å². The highest BCUT2D eigenvalue weighted by molar-refractivity contribution is 5.91. The lowest BCUT2D eigenvalue weighted by atomic mass is 10.0. The summed E-state index contributed by atoms with van der Waals surface area (Å²) in [4.78, 5) is 23.3. The molecule has 0 saturated carbocycles.